The summed E-state index contributed by atoms with van der Waals surface area (Å²) in [4.78, 5) is 15.8. The molecule has 2 saturated heterocycles. The van der Waals surface area contributed by atoms with E-state index in [1.54, 1.807) is 0 Å². The minimum absolute atomic E-state index is 0.00500. The van der Waals surface area contributed by atoms with E-state index in [1.807, 2.05) is 18.2 Å². The monoisotopic (exact) mass is 368 g/mol. The van der Waals surface area contributed by atoms with Crippen LogP contribution in [0.15, 0.2) is 27.6 Å². The molecule has 114 valence electrons. The fourth-order valence-electron chi connectivity index (χ4n) is 3.68. The van der Waals surface area contributed by atoms with E-state index in [9.17, 15) is 4.79 Å². The Labute approximate surface area is 140 Å². The third kappa shape index (κ3) is 3.30. The van der Waals surface area contributed by atoms with Gasteiger partial charge in [0.05, 0.1) is 5.56 Å². The van der Waals surface area contributed by atoms with Crippen LogP contribution in [0.1, 0.15) is 42.5 Å². The normalized spacial score (nSPS) is 29.2. The van der Waals surface area contributed by atoms with Crippen LogP contribution in [0.5, 0.6) is 0 Å². The first kappa shape index (κ1) is 15.4. The number of hydrogen-bond donors (Lipinski definition) is 2. The molecule has 3 nitrogen and oxygen atoms in total. The molecule has 3 rings (SSSR count). The molecule has 5 heteroatoms. The second kappa shape index (κ2) is 6.31. The highest BCUT2D eigenvalue weighted by molar-refractivity contribution is 9.10. The van der Waals surface area contributed by atoms with Crippen LogP contribution in [0.3, 0.4) is 0 Å². The van der Waals surface area contributed by atoms with Gasteiger partial charge in [0, 0.05) is 27.5 Å². The smallest absolute Gasteiger partial charge is 0.252 e. The average molecular weight is 369 g/mol. The number of piperidine rings is 2. The number of carbonyl (C=O) groups is 1. The first-order valence-electron chi connectivity index (χ1n) is 7.56. The molecule has 1 amide bonds. The third-order valence-electron chi connectivity index (χ3n) is 4.87. The predicted octanol–water partition coefficient (Wildman–Crippen LogP) is 3.48. The van der Waals surface area contributed by atoms with E-state index in [2.05, 4.69) is 45.8 Å². The number of amides is 1. The molecular weight excluding hydrogens is 348 g/mol. The molecule has 0 spiro atoms. The van der Waals surface area contributed by atoms with Gasteiger partial charge in [-0.1, -0.05) is 6.42 Å². The largest absolute Gasteiger partial charge is 0.349 e. The Morgan fingerprint density at radius 3 is 2.67 bits per heavy atom. The molecule has 2 aliphatic heterocycles. The molecule has 2 heterocycles. The Morgan fingerprint density at radius 2 is 2.00 bits per heavy atom. The van der Waals surface area contributed by atoms with E-state index in [0.717, 1.165) is 22.2 Å². The summed E-state index contributed by atoms with van der Waals surface area (Å²) in [6, 6.07) is 7.12. The van der Waals surface area contributed by atoms with Crippen molar-refractivity contribution >= 4 is 34.5 Å². The maximum absolute atomic E-state index is 12.5. The van der Waals surface area contributed by atoms with Gasteiger partial charge in [-0.05, 0) is 66.9 Å². The number of halogens is 1. The molecular formula is C16H21BrN2OS. The summed E-state index contributed by atoms with van der Waals surface area (Å²) >= 11 is 7.77. The molecule has 2 bridgehead atoms. The van der Waals surface area contributed by atoms with Gasteiger partial charge < -0.3 is 10.2 Å². The van der Waals surface area contributed by atoms with Crippen molar-refractivity contribution < 1.29 is 4.79 Å². The molecule has 21 heavy (non-hydrogen) atoms. The number of fused-ring (bicyclic) bond motifs is 2. The van der Waals surface area contributed by atoms with Crippen molar-refractivity contribution in [3.05, 3.63) is 28.2 Å². The number of nitrogens with one attached hydrogen (secondary N) is 1. The molecule has 1 aromatic carbocycles. The standard InChI is InChI=1S/C16H21BrN2OS/c1-19-11-3-2-4-12(19)8-10(7-11)18-16(20)14-9-13(21)5-6-15(14)17/h5-6,9-12,21H,2-4,7-8H2,1H3,(H,18,20). The Morgan fingerprint density at radius 1 is 1.33 bits per heavy atom. The zero-order valence-corrected chi connectivity index (χ0v) is 14.7. The lowest BCUT2D eigenvalue weighted by molar-refractivity contribution is 0.0463. The van der Waals surface area contributed by atoms with Crippen molar-refractivity contribution in [1.29, 1.82) is 0 Å². The van der Waals surface area contributed by atoms with E-state index in [1.165, 1.54) is 19.3 Å². The number of carbonyl (C=O) groups excluding carboxylic acids is 1. The molecule has 2 fully saturated rings. The lowest BCUT2D eigenvalue weighted by Gasteiger charge is -2.47. The quantitative estimate of drug-likeness (QED) is 0.783. The zero-order chi connectivity index (χ0) is 15.0. The van der Waals surface area contributed by atoms with Crippen LogP contribution >= 0.6 is 28.6 Å². The second-order valence-electron chi connectivity index (χ2n) is 6.21. The zero-order valence-electron chi connectivity index (χ0n) is 12.2. The Bertz CT molecular complexity index is 537. The number of nitrogens with zero attached hydrogens (tertiary/aromatic N) is 1. The summed E-state index contributed by atoms with van der Waals surface area (Å²) in [5.41, 5.74) is 0.673. The van der Waals surface area contributed by atoms with Crippen molar-refractivity contribution in [1.82, 2.24) is 10.2 Å². The van der Waals surface area contributed by atoms with Gasteiger partial charge in [0.25, 0.3) is 5.91 Å². The fraction of sp³-hybridized carbons (Fsp3) is 0.562. The lowest BCUT2D eigenvalue weighted by atomic mass is 9.82. The van der Waals surface area contributed by atoms with Gasteiger partial charge in [-0.2, -0.15) is 0 Å². The maximum atomic E-state index is 12.5. The van der Waals surface area contributed by atoms with Gasteiger partial charge in [-0.3, -0.25) is 4.79 Å². The lowest BCUT2D eigenvalue weighted by Crippen LogP contribution is -2.55. The highest BCUT2D eigenvalue weighted by atomic mass is 79.9. The van der Waals surface area contributed by atoms with Crippen molar-refractivity contribution in [2.45, 2.75) is 55.1 Å². The predicted molar refractivity (Wildman–Crippen MR) is 91.1 cm³/mol. The molecule has 2 aliphatic rings. The van der Waals surface area contributed by atoms with Crippen LogP contribution in [0.25, 0.3) is 0 Å². The molecule has 0 aromatic heterocycles. The van der Waals surface area contributed by atoms with Crippen LogP contribution < -0.4 is 5.32 Å². The Balaban J connectivity index is 1.69. The molecule has 2 unspecified atom stereocenters. The number of hydrogen-bond acceptors (Lipinski definition) is 3. The van der Waals surface area contributed by atoms with E-state index < -0.39 is 0 Å². The first-order valence-corrected chi connectivity index (χ1v) is 8.80. The number of benzene rings is 1. The van der Waals surface area contributed by atoms with E-state index >= 15 is 0 Å². The summed E-state index contributed by atoms with van der Waals surface area (Å²) < 4.78 is 0.825. The van der Waals surface area contributed by atoms with Gasteiger partial charge in [0.15, 0.2) is 0 Å². The maximum Gasteiger partial charge on any atom is 0.252 e. The first-order chi connectivity index (χ1) is 10.0. The number of rotatable bonds is 2. The molecule has 2 atom stereocenters. The van der Waals surface area contributed by atoms with Crippen molar-refractivity contribution in [2.24, 2.45) is 0 Å². The van der Waals surface area contributed by atoms with Crippen LogP contribution in [0.4, 0.5) is 0 Å². The average Bonchev–Trinajstić information content (AvgIpc) is 2.42. The highest BCUT2D eigenvalue weighted by Gasteiger charge is 2.36. The molecule has 0 aliphatic carbocycles. The van der Waals surface area contributed by atoms with Gasteiger partial charge in [0.1, 0.15) is 0 Å². The Hall–Kier alpha value is -0.520. The third-order valence-corrected chi connectivity index (χ3v) is 5.84. The second-order valence-corrected chi connectivity index (χ2v) is 7.58. The van der Waals surface area contributed by atoms with Gasteiger partial charge in [-0.25, -0.2) is 0 Å². The summed E-state index contributed by atoms with van der Waals surface area (Å²) in [7, 11) is 2.23. The highest BCUT2D eigenvalue weighted by Crippen LogP contribution is 2.33. The summed E-state index contributed by atoms with van der Waals surface area (Å²) in [6.07, 6.45) is 5.98. The molecule has 0 radical (unpaired) electrons. The van der Waals surface area contributed by atoms with E-state index in [0.29, 0.717) is 23.7 Å². The molecule has 0 saturated carbocycles. The SMILES string of the molecule is CN1C2CCCC1CC(NC(=O)c1cc(S)ccc1Br)C2. The van der Waals surface area contributed by atoms with E-state index in [4.69, 9.17) is 0 Å². The van der Waals surface area contributed by atoms with E-state index in [-0.39, 0.29) is 5.91 Å². The Kier molecular flexibility index (Phi) is 4.62. The molecule has 1 N–H and O–H groups in total. The van der Waals surface area contributed by atoms with Crippen molar-refractivity contribution in [2.75, 3.05) is 7.05 Å². The minimum atomic E-state index is 0.00500. The van der Waals surface area contributed by atoms with Crippen molar-refractivity contribution in [3.63, 3.8) is 0 Å². The fourth-order valence-corrected chi connectivity index (χ4v) is 4.31. The van der Waals surface area contributed by atoms with Crippen LogP contribution in [-0.2, 0) is 0 Å². The molecule has 1 aromatic rings. The summed E-state index contributed by atoms with van der Waals surface area (Å²) in [5.74, 6) is 0.00500. The van der Waals surface area contributed by atoms with Crippen LogP contribution in [-0.4, -0.2) is 36.0 Å². The van der Waals surface area contributed by atoms with Gasteiger partial charge in [0.2, 0.25) is 0 Å². The van der Waals surface area contributed by atoms with Crippen LogP contribution in [0.2, 0.25) is 0 Å². The number of thiol groups is 1. The summed E-state index contributed by atoms with van der Waals surface area (Å²) in [6.45, 7) is 0. The van der Waals surface area contributed by atoms with Crippen molar-refractivity contribution in [3.8, 4) is 0 Å². The summed E-state index contributed by atoms with van der Waals surface area (Å²) in [5, 5.41) is 3.22. The van der Waals surface area contributed by atoms with Gasteiger partial charge in [-0.15, -0.1) is 12.6 Å². The topological polar surface area (TPSA) is 32.3 Å². The minimum Gasteiger partial charge on any atom is -0.349 e. The van der Waals surface area contributed by atoms with Gasteiger partial charge >= 0.3 is 0 Å². The van der Waals surface area contributed by atoms with Crippen LogP contribution in [0, 0.1) is 0 Å².